The van der Waals surface area contributed by atoms with E-state index in [0.717, 1.165) is 12.8 Å². The molecule has 2 atom stereocenters. The Bertz CT molecular complexity index is 133. The maximum absolute atomic E-state index is 11.9. The fraction of sp³-hybridized carbons (Fsp3) is 1.00. The highest BCUT2D eigenvalue weighted by Gasteiger charge is 2.30. The molecule has 0 aromatic carbocycles. The molecular formula is C9H18F3N. The van der Waals surface area contributed by atoms with Gasteiger partial charge in [0.25, 0.3) is 0 Å². The van der Waals surface area contributed by atoms with Crippen LogP contribution in [-0.2, 0) is 0 Å². The highest BCUT2D eigenvalue weighted by molar-refractivity contribution is 4.70. The molecule has 1 N–H and O–H groups in total. The Balaban J connectivity index is 3.67. The van der Waals surface area contributed by atoms with Gasteiger partial charge in [-0.15, -0.1) is 0 Å². The Morgan fingerprint density at radius 1 is 1.15 bits per heavy atom. The van der Waals surface area contributed by atoms with Gasteiger partial charge in [0.05, 0.1) is 6.42 Å². The Morgan fingerprint density at radius 2 is 1.69 bits per heavy atom. The molecule has 0 saturated carbocycles. The minimum Gasteiger partial charge on any atom is -0.311 e. The molecule has 80 valence electrons. The molecule has 0 aliphatic rings. The van der Waals surface area contributed by atoms with Crippen molar-refractivity contribution in [2.45, 2.75) is 58.3 Å². The summed E-state index contributed by atoms with van der Waals surface area (Å²) in [6.07, 6.45) is -2.89. The fourth-order valence-electron chi connectivity index (χ4n) is 1.41. The summed E-state index contributed by atoms with van der Waals surface area (Å²) in [7, 11) is 0. The van der Waals surface area contributed by atoms with Crippen molar-refractivity contribution in [1.82, 2.24) is 5.32 Å². The lowest BCUT2D eigenvalue weighted by molar-refractivity contribution is -0.139. The van der Waals surface area contributed by atoms with Gasteiger partial charge in [0.1, 0.15) is 0 Å². The van der Waals surface area contributed by atoms with E-state index < -0.39 is 18.6 Å². The van der Waals surface area contributed by atoms with Gasteiger partial charge >= 0.3 is 6.18 Å². The Kier molecular flexibility index (Phi) is 5.37. The zero-order valence-corrected chi connectivity index (χ0v) is 8.41. The molecule has 0 aromatic heterocycles. The third-order valence-electron chi connectivity index (χ3n) is 1.83. The Labute approximate surface area is 77.7 Å². The van der Waals surface area contributed by atoms with Gasteiger partial charge in [0, 0.05) is 12.1 Å². The van der Waals surface area contributed by atoms with Crippen LogP contribution in [0.25, 0.3) is 0 Å². The van der Waals surface area contributed by atoms with E-state index in [-0.39, 0.29) is 6.04 Å². The van der Waals surface area contributed by atoms with Crippen molar-refractivity contribution in [2.75, 3.05) is 0 Å². The van der Waals surface area contributed by atoms with Crippen molar-refractivity contribution in [3.63, 3.8) is 0 Å². The largest absolute Gasteiger partial charge is 0.390 e. The van der Waals surface area contributed by atoms with Gasteiger partial charge in [0.2, 0.25) is 0 Å². The predicted molar refractivity (Wildman–Crippen MR) is 47.6 cm³/mol. The molecule has 0 aliphatic carbocycles. The summed E-state index contributed by atoms with van der Waals surface area (Å²) >= 11 is 0. The lowest BCUT2D eigenvalue weighted by atomic mass is 10.1. The van der Waals surface area contributed by atoms with Crippen molar-refractivity contribution in [3.05, 3.63) is 0 Å². The lowest BCUT2D eigenvalue weighted by Crippen LogP contribution is -2.37. The topological polar surface area (TPSA) is 12.0 Å². The Hall–Kier alpha value is -0.250. The SMILES string of the molecule is CCCC(C)NC(C)CC(F)(F)F. The number of hydrogen-bond acceptors (Lipinski definition) is 1. The van der Waals surface area contributed by atoms with Crippen LogP contribution in [0.4, 0.5) is 13.2 Å². The van der Waals surface area contributed by atoms with Crippen molar-refractivity contribution in [3.8, 4) is 0 Å². The van der Waals surface area contributed by atoms with Gasteiger partial charge < -0.3 is 5.32 Å². The maximum Gasteiger partial charge on any atom is 0.390 e. The van der Waals surface area contributed by atoms with Crippen LogP contribution in [-0.4, -0.2) is 18.3 Å². The highest BCUT2D eigenvalue weighted by atomic mass is 19.4. The van der Waals surface area contributed by atoms with Crippen LogP contribution in [0.15, 0.2) is 0 Å². The summed E-state index contributed by atoms with van der Waals surface area (Å²) < 4.78 is 35.7. The number of hydrogen-bond donors (Lipinski definition) is 1. The molecule has 0 saturated heterocycles. The first-order chi connectivity index (χ1) is 5.85. The maximum atomic E-state index is 11.9. The van der Waals surface area contributed by atoms with Gasteiger partial charge in [0.15, 0.2) is 0 Å². The smallest absolute Gasteiger partial charge is 0.311 e. The van der Waals surface area contributed by atoms with Crippen LogP contribution in [0.1, 0.15) is 40.0 Å². The van der Waals surface area contributed by atoms with E-state index in [1.54, 1.807) is 6.92 Å². The van der Waals surface area contributed by atoms with Crippen molar-refractivity contribution < 1.29 is 13.2 Å². The van der Waals surface area contributed by atoms with E-state index in [4.69, 9.17) is 0 Å². The molecule has 0 amide bonds. The summed E-state index contributed by atoms with van der Waals surface area (Å²) in [5.41, 5.74) is 0. The normalized spacial score (nSPS) is 17.1. The van der Waals surface area contributed by atoms with Crippen LogP contribution in [0, 0.1) is 0 Å². The number of nitrogens with one attached hydrogen (secondary N) is 1. The molecular weight excluding hydrogens is 179 g/mol. The standard InChI is InChI=1S/C9H18F3N/c1-4-5-7(2)13-8(3)6-9(10,11)12/h7-8,13H,4-6H2,1-3H3. The van der Waals surface area contributed by atoms with Crippen molar-refractivity contribution >= 4 is 0 Å². The minimum absolute atomic E-state index is 0.169. The van der Waals surface area contributed by atoms with E-state index in [1.165, 1.54) is 0 Å². The zero-order chi connectivity index (χ0) is 10.5. The van der Waals surface area contributed by atoms with Gasteiger partial charge in [-0.3, -0.25) is 0 Å². The van der Waals surface area contributed by atoms with E-state index in [1.807, 2.05) is 13.8 Å². The molecule has 13 heavy (non-hydrogen) atoms. The van der Waals surface area contributed by atoms with Gasteiger partial charge in [-0.1, -0.05) is 13.3 Å². The van der Waals surface area contributed by atoms with Crippen LogP contribution in [0.5, 0.6) is 0 Å². The highest BCUT2D eigenvalue weighted by Crippen LogP contribution is 2.21. The molecule has 0 rings (SSSR count). The molecule has 1 nitrogen and oxygen atoms in total. The number of halogens is 3. The van der Waals surface area contributed by atoms with E-state index >= 15 is 0 Å². The summed E-state index contributed by atoms with van der Waals surface area (Å²) in [6, 6.07) is -0.316. The van der Waals surface area contributed by atoms with E-state index in [0.29, 0.717) is 0 Å². The van der Waals surface area contributed by atoms with Gasteiger partial charge in [-0.25, -0.2) is 0 Å². The second-order valence-electron chi connectivity index (χ2n) is 3.58. The predicted octanol–water partition coefficient (Wildman–Crippen LogP) is 3.11. The first kappa shape index (κ1) is 12.8. The van der Waals surface area contributed by atoms with Crippen LogP contribution in [0.2, 0.25) is 0 Å². The van der Waals surface area contributed by atoms with Gasteiger partial charge in [-0.05, 0) is 20.3 Å². The van der Waals surface area contributed by atoms with Crippen molar-refractivity contribution in [1.29, 1.82) is 0 Å². The van der Waals surface area contributed by atoms with Crippen LogP contribution in [0.3, 0.4) is 0 Å². The first-order valence-corrected chi connectivity index (χ1v) is 4.68. The van der Waals surface area contributed by atoms with E-state index in [9.17, 15) is 13.2 Å². The lowest BCUT2D eigenvalue weighted by Gasteiger charge is -2.20. The van der Waals surface area contributed by atoms with Crippen LogP contribution < -0.4 is 5.32 Å². The fourth-order valence-corrected chi connectivity index (χ4v) is 1.41. The number of rotatable bonds is 5. The average molecular weight is 197 g/mol. The molecule has 0 aromatic rings. The van der Waals surface area contributed by atoms with Crippen molar-refractivity contribution in [2.24, 2.45) is 0 Å². The number of alkyl halides is 3. The second kappa shape index (κ2) is 5.47. The zero-order valence-electron chi connectivity index (χ0n) is 8.41. The summed E-state index contributed by atoms with van der Waals surface area (Å²) in [4.78, 5) is 0. The monoisotopic (exact) mass is 197 g/mol. The average Bonchev–Trinajstić information content (AvgIpc) is 1.81. The molecule has 4 heteroatoms. The van der Waals surface area contributed by atoms with Gasteiger partial charge in [-0.2, -0.15) is 13.2 Å². The molecule has 0 spiro atoms. The summed E-state index contributed by atoms with van der Waals surface area (Å²) in [5.74, 6) is 0. The quantitative estimate of drug-likeness (QED) is 0.714. The molecule has 0 heterocycles. The summed E-state index contributed by atoms with van der Waals surface area (Å²) in [5, 5.41) is 2.92. The van der Waals surface area contributed by atoms with Crippen LogP contribution >= 0.6 is 0 Å². The Morgan fingerprint density at radius 3 is 2.08 bits per heavy atom. The third kappa shape index (κ3) is 8.09. The first-order valence-electron chi connectivity index (χ1n) is 4.68. The molecule has 0 bridgehead atoms. The molecule has 0 radical (unpaired) electrons. The molecule has 2 unspecified atom stereocenters. The molecule has 0 fully saturated rings. The summed E-state index contributed by atoms with van der Waals surface area (Å²) in [6.45, 7) is 5.50. The third-order valence-corrected chi connectivity index (χ3v) is 1.83. The molecule has 0 aliphatic heterocycles. The van der Waals surface area contributed by atoms with E-state index in [2.05, 4.69) is 5.32 Å². The second-order valence-corrected chi connectivity index (χ2v) is 3.58. The minimum atomic E-state index is -4.06.